The number of anilines is 1. The van der Waals surface area contributed by atoms with Crippen LogP contribution in [-0.4, -0.2) is 29.7 Å². The Labute approximate surface area is 113 Å². The van der Waals surface area contributed by atoms with E-state index in [9.17, 15) is 9.90 Å². The fourth-order valence-corrected chi connectivity index (χ4v) is 2.62. The molecule has 4 heteroatoms. The van der Waals surface area contributed by atoms with Gasteiger partial charge in [-0.3, -0.25) is 4.79 Å². The van der Waals surface area contributed by atoms with Gasteiger partial charge in [-0.1, -0.05) is 18.2 Å². The van der Waals surface area contributed by atoms with E-state index in [-0.39, 0.29) is 18.1 Å². The third-order valence-electron chi connectivity index (χ3n) is 4.03. The summed E-state index contributed by atoms with van der Waals surface area (Å²) in [5, 5.41) is 16.0. The number of benzene rings is 1. The molecular formula is C15H20N2O2. The minimum Gasteiger partial charge on any atom is -0.392 e. The molecule has 1 aliphatic carbocycles. The van der Waals surface area contributed by atoms with Crippen molar-refractivity contribution in [2.24, 2.45) is 5.92 Å². The van der Waals surface area contributed by atoms with Crippen LogP contribution in [0, 0.1) is 5.92 Å². The fraction of sp³-hybridized carbons (Fsp3) is 0.533. The summed E-state index contributed by atoms with van der Waals surface area (Å²) in [5.74, 6) is 0.450. The van der Waals surface area contributed by atoms with Crippen molar-refractivity contribution in [3.8, 4) is 0 Å². The predicted molar refractivity (Wildman–Crippen MR) is 73.9 cm³/mol. The van der Waals surface area contributed by atoms with Crippen molar-refractivity contribution in [1.82, 2.24) is 5.32 Å². The molecule has 1 aromatic rings. The molecule has 1 aliphatic heterocycles. The lowest BCUT2D eigenvalue weighted by Gasteiger charge is -2.17. The number of para-hydroxylation sites is 1. The van der Waals surface area contributed by atoms with Crippen LogP contribution in [-0.2, 0) is 11.2 Å². The summed E-state index contributed by atoms with van der Waals surface area (Å²) in [7, 11) is 0. The Hall–Kier alpha value is -1.39. The zero-order chi connectivity index (χ0) is 13.2. The van der Waals surface area contributed by atoms with E-state index in [1.54, 1.807) is 0 Å². The summed E-state index contributed by atoms with van der Waals surface area (Å²) in [5.41, 5.74) is 2.10. The minimum atomic E-state index is -0.307. The number of rotatable bonds is 4. The fourth-order valence-electron chi connectivity index (χ4n) is 2.62. The molecule has 0 radical (unpaired) electrons. The quantitative estimate of drug-likeness (QED) is 0.764. The Morgan fingerprint density at radius 1 is 1.32 bits per heavy atom. The van der Waals surface area contributed by atoms with Crippen molar-refractivity contribution in [3.05, 3.63) is 29.8 Å². The zero-order valence-electron chi connectivity index (χ0n) is 10.9. The van der Waals surface area contributed by atoms with Gasteiger partial charge in [-0.05, 0) is 43.2 Å². The van der Waals surface area contributed by atoms with Crippen molar-refractivity contribution in [3.63, 3.8) is 0 Å². The molecule has 0 saturated heterocycles. The van der Waals surface area contributed by atoms with Crippen molar-refractivity contribution < 1.29 is 9.90 Å². The lowest BCUT2D eigenvalue weighted by Crippen LogP contribution is -2.43. The summed E-state index contributed by atoms with van der Waals surface area (Å²) in [4.78, 5) is 12.1. The third-order valence-corrected chi connectivity index (χ3v) is 4.03. The Bertz CT molecular complexity index is 471. The highest BCUT2D eigenvalue weighted by Gasteiger charge is 2.31. The largest absolute Gasteiger partial charge is 0.392 e. The van der Waals surface area contributed by atoms with Crippen LogP contribution in [0.4, 0.5) is 5.69 Å². The first-order valence-electron chi connectivity index (χ1n) is 7.04. The molecule has 1 amide bonds. The van der Waals surface area contributed by atoms with E-state index in [1.165, 1.54) is 5.56 Å². The number of amides is 1. The lowest BCUT2D eigenvalue weighted by molar-refractivity contribution is -0.118. The highest BCUT2D eigenvalue weighted by atomic mass is 16.3. The summed E-state index contributed by atoms with van der Waals surface area (Å²) in [6.45, 7) is 0.513. The molecule has 0 aromatic heterocycles. The SMILES string of the molecule is O=C1Nc2ccccc2CCC1NCC(O)C1CC1. The summed E-state index contributed by atoms with van der Waals surface area (Å²) in [6, 6.07) is 7.71. The van der Waals surface area contributed by atoms with Crippen molar-refractivity contribution in [1.29, 1.82) is 0 Å². The van der Waals surface area contributed by atoms with Gasteiger partial charge in [0, 0.05) is 12.2 Å². The summed E-state index contributed by atoms with van der Waals surface area (Å²) < 4.78 is 0. The number of aryl methyl sites for hydroxylation is 1. The Balaban J connectivity index is 1.60. The average molecular weight is 260 g/mol. The van der Waals surface area contributed by atoms with Gasteiger partial charge in [-0.15, -0.1) is 0 Å². The number of carbonyl (C=O) groups is 1. The van der Waals surface area contributed by atoms with E-state index < -0.39 is 0 Å². The second-order valence-electron chi connectivity index (χ2n) is 5.55. The second-order valence-corrected chi connectivity index (χ2v) is 5.55. The van der Waals surface area contributed by atoms with Gasteiger partial charge in [0.05, 0.1) is 12.1 Å². The molecule has 1 heterocycles. The summed E-state index contributed by atoms with van der Waals surface area (Å²) in [6.07, 6.45) is 3.58. The smallest absolute Gasteiger partial charge is 0.241 e. The predicted octanol–water partition coefficient (Wildman–Crippen LogP) is 1.30. The van der Waals surface area contributed by atoms with Gasteiger partial charge < -0.3 is 15.7 Å². The van der Waals surface area contributed by atoms with Gasteiger partial charge in [-0.2, -0.15) is 0 Å². The molecule has 4 nitrogen and oxygen atoms in total. The van der Waals surface area contributed by atoms with Crippen LogP contribution in [0.3, 0.4) is 0 Å². The molecule has 0 bridgehead atoms. The monoisotopic (exact) mass is 260 g/mol. The Morgan fingerprint density at radius 3 is 2.89 bits per heavy atom. The van der Waals surface area contributed by atoms with Crippen LogP contribution in [0.25, 0.3) is 0 Å². The van der Waals surface area contributed by atoms with E-state index in [0.717, 1.165) is 31.4 Å². The molecule has 2 aliphatic rings. The Morgan fingerprint density at radius 2 is 2.11 bits per heavy atom. The number of fused-ring (bicyclic) bond motifs is 1. The number of aliphatic hydroxyl groups excluding tert-OH is 1. The van der Waals surface area contributed by atoms with Gasteiger partial charge in [-0.25, -0.2) is 0 Å². The maximum Gasteiger partial charge on any atom is 0.241 e. The molecule has 102 valence electrons. The second kappa shape index (κ2) is 5.31. The van der Waals surface area contributed by atoms with Crippen LogP contribution in [0.2, 0.25) is 0 Å². The van der Waals surface area contributed by atoms with Gasteiger partial charge in [0.25, 0.3) is 0 Å². The first-order chi connectivity index (χ1) is 9.24. The van der Waals surface area contributed by atoms with Crippen molar-refractivity contribution >= 4 is 11.6 Å². The zero-order valence-corrected chi connectivity index (χ0v) is 10.9. The standard InChI is InChI=1S/C15H20N2O2/c18-14(11-5-6-11)9-16-13-8-7-10-3-1-2-4-12(10)17-15(13)19/h1-4,11,13-14,16,18H,5-9H2,(H,17,19). The Kier molecular flexibility index (Phi) is 3.53. The van der Waals surface area contributed by atoms with Gasteiger partial charge in [0.1, 0.15) is 0 Å². The third kappa shape index (κ3) is 2.96. The van der Waals surface area contributed by atoms with E-state index >= 15 is 0 Å². The normalized spacial score (nSPS) is 24.3. The maximum absolute atomic E-state index is 12.1. The maximum atomic E-state index is 12.1. The van der Waals surface area contributed by atoms with E-state index in [0.29, 0.717) is 12.5 Å². The molecule has 19 heavy (non-hydrogen) atoms. The van der Waals surface area contributed by atoms with Crippen molar-refractivity contribution in [2.45, 2.75) is 37.8 Å². The lowest BCUT2D eigenvalue weighted by atomic mass is 10.1. The van der Waals surface area contributed by atoms with Gasteiger partial charge in [0.15, 0.2) is 0 Å². The van der Waals surface area contributed by atoms with Crippen molar-refractivity contribution in [2.75, 3.05) is 11.9 Å². The molecule has 0 spiro atoms. The average Bonchev–Trinajstić information content (AvgIpc) is 3.24. The van der Waals surface area contributed by atoms with E-state index in [4.69, 9.17) is 0 Å². The van der Waals surface area contributed by atoms with Crippen LogP contribution in [0.5, 0.6) is 0 Å². The highest BCUT2D eigenvalue weighted by molar-refractivity contribution is 5.96. The van der Waals surface area contributed by atoms with Crippen LogP contribution in [0.15, 0.2) is 24.3 Å². The highest BCUT2D eigenvalue weighted by Crippen LogP contribution is 2.32. The first kappa shape index (κ1) is 12.6. The van der Waals surface area contributed by atoms with Crippen LogP contribution in [0.1, 0.15) is 24.8 Å². The van der Waals surface area contributed by atoms with E-state index in [1.807, 2.05) is 18.2 Å². The number of hydrogen-bond donors (Lipinski definition) is 3. The number of aliphatic hydroxyl groups is 1. The first-order valence-corrected chi connectivity index (χ1v) is 7.04. The summed E-state index contributed by atoms with van der Waals surface area (Å²) >= 11 is 0. The number of nitrogens with one attached hydrogen (secondary N) is 2. The number of hydrogen-bond acceptors (Lipinski definition) is 3. The van der Waals surface area contributed by atoms with Gasteiger partial charge in [0.2, 0.25) is 5.91 Å². The molecule has 1 fully saturated rings. The van der Waals surface area contributed by atoms with Gasteiger partial charge >= 0.3 is 0 Å². The van der Waals surface area contributed by atoms with Crippen LogP contribution >= 0.6 is 0 Å². The molecule has 1 saturated carbocycles. The molecular weight excluding hydrogens is 240 g/mol. The molecule has 2 atom stereocenters. The minimum absolute atomic E-state index is 0.00736. The number of carbonyl (C=O) groups excluding carboxylic acids is 1. The molecule has 1 aromatic carbocycles. The molecule has 3 N–H and O–H groups in total. The molecule has 2 unspecified atom stereocenters. The van der Waals surface area contributed by atoms with Crippen LogP contribution < -0.4 is 10.6 Å². The van der Waals surface area contributed by atoms with E-state index in [2.05, 4.69) is 16.7 Å². The molecule has 3 rings (SSSR count). The topological polar surface area (TPSA) is 61.4 Å².